The van der Waals surface area contributed by atoms with Gasteiger partial charge >= 0.3 is 0 Å². The first-order chi connectivity index (χ1) is 8.32. The fourth-order valence-corrected chi connectivity index (χ4v) is 2.29. The molecule has 1 aromatic carbocycles. The standard InChI is InChI=1S/C15H24ClNO/c1-10(2)9-17(11(3)4)15-7-6-13(12(5)18)8-14(15)16/h6-8,10-12,18H,9H2,1-5H3/t12-/m0/s1. The van der Waals surface area contributed by atoms with E-state index in [1.807, 2.05) is 18.2 Å². The molecule has 2 nitrogen and oxygen atoms in total. The van der Waals surface area contributed by atoms with Crippen molar-refractivity contribution in [3.63, 3.8) is 0 Å². The van der Waals surface area contributed by atoms with Crippen LogP contribution in [0.15, 0.2) is 18.2 Å². The van der Waals surface area contributed by atoms with Gasteiger partial charge in [-0.3, -0.25) is 0 Å². The van der Waals surface area contributed by atoms with Gasteiger partial charge in [0.15, 0.2) is 0 Å². The first kappa shape index (κ1) is 15.3. The summed E-state index contributed by atoms with van der Waals surface area (Å²) in [6.45, 7) is 11.5. The van der Waals surface area contributed by atoms with E-state index >= 15 is 0 Å². The van der Waals surface area contributed by atoms with Gasteiger partial charge < -0.3 is 10.0 Å². The van der Waals surface area contributed by atoms with Crippen LogP contribution in [0, 0.1) is 5.92 Å². The molecule has 0 saturated heterocycles. The van der Waals surface area contributed by atoms with Gasteiger partial charge in [-0.1, -0.05) is 31.5 Å². The van der Waals surface area contributed by atoms with E-state index in [1.54, 1.807) is 6.92 Å². The summed E-state index contributed by atoms with van der Waals surface area (Å²) in [5, 5.41) is 10.3. The summed E-state index contributed by atoms with van der Waals surface area (Å²) in [5.74, 6) is 0.583. The molecular formula is C15H24ClNO. The van der Waals surface area contributed by atoms with Crippen LogP contribution < -0.4 is 4.90 Å². The summed E-state index contributed by atoms with van der Waals surface area (Å²) >= 11 is 6.34. The van der Waals surface area contributed by atoms with Crippen molar-refractivity contribution in [1.82, 2.24) is 0 Å². The molecule has 1 atom stereocenters. The molecule has 0 radical (unpaired) electrons. The van der Waals surface area contributed by atoms with Gasteiger partial charge in [0.2, 0.25) is 0 Å². The predicted molar refractivity (Wildman–Crippen MR) is 79.4 cm³/mol. The first-order valence-electron chi connectivity index (χ1n) is 6.57. The second kappa shape index (κ2) is 6.44. The van der Waals surface area contributed by atoms with Crippen LogP contribution in [0.2, 0.25) is 5.02 Å². The van der Waals surface area contributed by atoms with Crippen molar-refractivity contribution in [1.29, 1.82) is 0 Å². The third-order valence-corrected chi connectivity index (χ3v) is 3.25. The number of benzene rings is 1. The molecule has 0 fully saturated rings. The van der Waals surface area contributed by atoms with E-state index in [-0.39, 0.29) is 0 Å². The van der Waals surface area contributed by atoms with Crippen molar-refractivity contribution in [2.24, 2.45) is 5.92 Å². The molecule has 0 aliphatic carbocycles. The van der Waals surface area contributed by atoms with Crippen molar-refractivity contribution in [2.45, 2.75) is 46.8 Å². The van der Waals surface area contributed by atoms with Crippen molar-refractivity contribution >= 4 is 17.3 Å². The number of anilines is 1. The molecule has 0 spiro atoms. The summed E-state index contributed by atoms with van der Waals surface area (Å²) in [6, 6.07) is 6.22. The normalized spacial score (nSPS) is 13.2. The minimum atomic E-state index is -0.478. The molecule has 0 bridgehead atoms. The van der Waals surface area contributed by atoms with E-state index in [0.717, 1.165) is 17.8 Å². The van der Waals surface area contributed by atoms with E-state index in [4.69, 9.17) is 11.6 Å². The number of rotatable bonds is 5. The van der Waals surface area contributed by atoms with Gasteiger partial charge in [-0.15, -0.1) is 0 Å². The summed E-state index contributed by atoms with van der Waals surface area (Å²) < 4.78 is 0. The average Bonchev–Trinajstić information content (AvgIpc) is 2.25. The van der Waals surface area contributed by atoms with Gasteiger partial charge in [0.1, 0.15) is 0 Å². The molecule has 0 saturated carbocycles. The number of hydrogen-bond donors (Lipinski definition) is 1. The molecule has 0 aliphatic rings. The Morgan fingerprint density at radius 1 is 1.17 bits per heavy atom. The van der Waals surface area contributed by atoms with Gasteiger partial charge in [-0.25, -0.2) is 0 Å². The monoisotopic (exact) mass is 269 g/mol. The molecule has 1 aromatic rings. The minimum Gasteiger partial charge on any atom is -0.389 e. The lowest BCUT2D eigenvalue weighted by Crippen LogP contribution is -2.34. The van der Waals surface area contributed by atoms with Crippen LogP contribution in [0.25, 0.3) is 0 Å². The highest BCUT2D eigenvalue weighted by Gasteiger charge is 2.16. The Balaban J connectivity index is 3.05. The fourth-order valence-electron chi connectivity index (χ4n) is 2.00. The molecule has 0 amide bonds. The van der Waals surface area contributed by atoms with Gasteiger partial charge in [0.25, 0.3) is 0 Å². The largest absolute Gasteiger partial charge is 0.389 e. The third kappa shape index (κ3) is 3.89. The molecule has 1 N–H and O–H groups in total. The number of aliphatic hydroxyl groups is 1. The Labute approximate surface area is 116 Å². The maximum atomic E-state index is 9.56. The molecule has 1 rings (SSSR count). The molecule has 0 aliphatic heterocycles. The van der Waals surface area contributed by atoms with E-state index in [0.29, 0.717) is 17.0 Å². The zero-order chi connectivity index (χ0) is 13.9. The number of nitrogens with zero attached hydrogens (tertiary/aromatic N) is 1. The van der Waals surface area contributed by atoms with Crippen LogP contribution in [0.4, 0.5) is 5.69 Å². The smallest absolute Gasteiger partial charge is 0.0762 e. The van der Waals surface area contributed by atoms with Gasteiger partial charge in [0, 0.05) is 12.6 Å². The molecule has 18 heavy (non-hydrogen) atoms. The Morgan fingerprint density at radius 3 is 2.17 bits per heavy atom. The highest BCUT2D eigenvalue weighted by molar-refractivity contribution is 6.33. The van der Waals surface area contributed by atoms with Crippen LogP contribution in [0.5, 0.6) is 0 Å². The van der Waals surface area contributed by atoms with E-state index in [1.165, 1.54) is 0 Å². The van der Waals surface area contributed by atoms with Crippen LogP contribution >= 0.6 is 11.6 Å². The van der Waals surface area contributed by atoms with E-state index in [9.17, 15) is 5.11 Å². The van der Waals surface area contributed by atoms with Gasteiger partial charge in [-0.05, 0) is 44.4 Å². The second-order valence-corrected chi connectivity index (χ2v) is 5.93. The molecule has 102 valence electrons. The molecule has 0 heterocycles. The van der Waals surface area contributed by atoms with Crippen molar-refractivity contribution < 1.29 is 5.11 Å². The first-order valence-corrected chi connectivity index (χ1v) is 6.94. The molecule has 0 unspecified atom stereocenters. The third-order valence-electron chi connectivity index (χ3n) is 2.95. The van der Waals surface area contributed by atoms with E-state index < -0.39 is 6.10 Å². The Kier molecular flexibility index (Phi) is 5.48. The Hall–Kier alpha value is -0.730. The topological polar surface area (TPSA) is 23.5 Å². The zero-order valence-corrected chi connectivity index (χ0v) is 12.7. The molecular weight excluding hydrogens is 246 g/mol. The van der Waals surface area contributed by atoms with Crippen LogP contribution in [0.1, 0.15) is 46.3 Å². The van der Waals surface area contributed by atoms with Gasteiger partial charge in [0.05, 0.1) is 16.8 Å². The highest BCUT2D eigenvalue weighted by Crippen LogP contribution is 2.30. The lowest BCUT2D eigenvalue weighted by Gasteiger charge is -2.31. The fraction of sp³-hybridized carbons (Fsp3) is 0.600. The number of halogens is 1. The summed E-state index contributed by atoms with van der Waals surface area (Å²) in [7, 11) is 0. The van der Waals surface area contributed by atoms with Crippen molar-refractivity contribution in [2.75, 3.05) is 11.4 Å². The maximum Gasteiger partial charge on any atom is 0.0762 e. The predicted octanol–water partition coefficient (Wildman–Crippen LogP) is 4.26. The SMILES string of the molecule is CC(C)CN(c1ccc([C@H](C)O)cc1Cl)C(C)C. The van der Waals surface area contributed by atoms with Gasteiger partial charge in [-0.2, -0.15) is 0 Å². The lowest BCUT2D eigenvalue weighted by molar-refractivity contribution is 0.199. The van der Waals surface area contributed by atoms with Crippen molar-refractivity contribution in [3.05, 3.63) is 28.8 Å². The number of aliphatic hydroxyl groups excluding tert-OH is 1. The van der Waals surface area contributed by atoms with Crippen molar-refractivity contribution in [3.8, 4) is 0 Å². The number of hydrogen-bond acceptors (Lipinski definition) is 2. The summed E-state index contributed by atoms with van der Waals surface area (Å²) in [4.78, 5) is 2.30. The molecule has 3 heteroatoms. The second-order valence-electron chi connectivity index (χ2n) is 5.53. The summed E-state index contributed by atoms with van der Waals surface area (Å²) in [6.07, 6.45) is -0.478. The van der Waals surface area contributed by atoms with Crippen LogP contribution in [-0.4, -0.2) is 17.7 Å². The zero-order valence-electron chi connectivity index (χ0n) is 11.9. The quantitative estimate of drug-likeness (QED) is 0.863. The van der Waals surface area contributed by atoms with E-state index in [2.05, 4.69) is 32.6 Å². The maximum absolute atomic E-state index is 9.56. The van der Waals surface area contributed by atoms with Crippen LogP contribution in [0.3, 0.4) is 0 Å². The molecule has 0 aromatic heterocycles. The minimum absolute atomic E-state index is 0.405. The highest BCUT2D eigenvalue weighted by atomic mass is 35.5. The lowest BCUT2D eigenvalue weighted by atomic mass is 10.1. The Morgan fingerprint density at radius 2 is 1.78 bits per heavy atom. The Bertz CT molecular complexity index is 388. The summed E-state index contributed by atoms with van der Waals surface area (Å²) in [5.41, 5.74) is 1.90. The average molecular weight is 270 g/mol. The van der Waals surface area contributed by atoms with Crippen LogP contribution in [-0.2, 0) is 0 Å².